The minimum atomic E-state index is -0.358. The van der Waals surface area contributed by atoms with Crippen LogP contribution >= 0.6 is 0 Å². The summed E-state index contributed by atoms with van der Waals surface area (Å²) in [5.74, 6) is -0.501. The molecule has 1 unspecified atom stereocenters. The molecule has 1 heterocycles. The summed E-state index contributed by atoms with van der Waals surface area (Å²) >= 11 is 0. The van der Waals surface area contributed by atoms with E-state index in [4.69, 9.17) is 0 Å². The van der Waals surface area contributed by atoms with Crippen molar-refractivity contribution in [1.29, 1.82) is 0 Å². The zero-order valence-corrected chi connectivity index (χ0v) is 14.9. The van der Waals surface area contributed by atoms with Crippen LogP contribution in [0.5, 0.6) is 0 Å². The van der Waals surface area contributed by atoms with Gasteiger partial charge in [0.2, 0.25) is 5.91 Å². The number of carbonyl (C=O) groups excluding carboxylic acids is 2. The van der Waals surface area contributed by atoms with Gasteiger partial charge in [0.1, 0.15) is 5.82 Å². The lowest BCUT2D eigenvalue weighted by molar-refractivity contribution is -0.134. The summed E-state index contributed by atoms with van der Waals surface area (Å²) in [5.41, 5.74) is 1.51. The minimum Gasteiger partial charge on any atom is -0.339 e. The summed E-state index contributed by atoms with van der Waals surface area (Å²) in [6, 6.07) is 15.4. The zero-order chi connectivity index (χ0) is 18.5. The fourth-order valence-corrected chi connectivity index (χ4v) is 3.36. The lowest BCUT2D eigenvalue weighted by Gasteiger charge is -2.36. The van der Waals surface area contributed by atoms with Gasteiger partial charge < -0.3 is 9.80 Å². The summed E-state index contributed by atoms with van der Waals surface area (Å²) in [6.45, 7) is 4.05. The van der Waals surface area contributed by atoms with Gasteiger partial charge >= 0.3 is 0 Å². The number of rotatable bonds is 4. The Hall–Kier alpha value is -2.69. The molecule has 3 rings (SSSR count). The molecule has 0 spiro atoms. The van der Waals surface area contributed by atoms with Crippen molar-refractivity contribution in [2.24, 2.45) is 0 Å². The molecule has 136 valence electrons. The molecule has 1 fully saturated rings. The first kappa shape index (κ1) is 18.1. The predicted molar refractivity (Wildman–Crippen MR) is 98.4 cm³/mol. The molecule has 26 heavy (non-hydrogen) atoms. The lowest BCUT2D eigenvalue weighted by Crippen LogP contribution is -2.51. The molecule has 4 nitrogen and oxygen atoms in total. The molecular weight excluding hydrogens is 331 g/mol. The van der Waals surface area contributed by atoms with Gasteiger partial charge in [0.15, 0.2) is 0 Å². The zero-order valence-electron chi connectivity index (χ0n) is 14.9. The van der Waals surface area contributed by atoms with Crippen LogP contribution in [0.25, 0.3) is 0 Å². The number of halogens is 1. The van der Waals surface area contributed by atoms with Gasteiger partial charge in [0.25, 0.3) is 5.91 Å². The largest absolute Gasteiger partial charge is 0.339 e. The molecule has 2 amide bonds. The monoisotopic (exact) mass is 354 g/mol. The number of hydrogen-bond acceptors (Lipinski definition) is 2. The van der Waals surface area contributed by atoms with Crippen molar-refractivity contribution in [3.05, 3.63) is 71.5 Å². The fourth-order valence-electron chi connectivity index (χ4n) is 3.36. The summed E-state index contributed by atoms with van der Waals surface area (Å²) in [6.07, 6.45) is 0.748. The van der Waals surface area contributed by atoms with Gasteiger partial charge in [-0.1, -0.05) is 37.3 Å². The van der Waals surface area contributed by atoms with Gasteiger partial charge in [-0.05, 0) is 36.2 Å². The Morgan fingerprint density at radius 2 is 1.50 bits per heavy atom. The Morgan fingerprint density at radius 3 is 2.08 bits per heavy atom. The Balaban J connectivity index is 1.61. The van der Waals surface area contributed by atoms with E-state index >= 15 is 0 Å². The third-order valence-electron chi connectivity index (χ3n) is 4.88. The maximum Gasteiger partial charge on any atom is 0.253 e. The van der Waals surface area contributed by atoms with E-state index < -0.39 is 0 Å². The summed E-state index contributed by atoms with van der Waals surface area (Å²) in [7, 11) is 0. The van der Waals surface area contributed by atoms with E-state index in [2.05, 4.69) is 0 Å². The van der Waals surface area contributed by atoms with Crippen LogP contribution in [-0.4, -0.2) is 47.8 Å². The van der Waals surface area contributed by atoms with Crippen molar-refractivity contribution in [2.45, 2.75) is 19.3 Å². The SMILES string of the molecule is CCC(C(=O)N1CCN(C(=O)c2ccc(F)cc2)CC1)c1ccccc1. The topological polar surface area (TPSA) is 40.6 Å². The molecule has 2 aromatic carbocycles. The van der Waals surface area contributed by atoms with Gasteiger partial charge in [0, 0.05) is 31.7 Å². The number of benzene rings is 2. The molecular formula is C21H23FN2O2. The van der Waals surface area contributed by atoms with Crippen LogP contribution in [0.2, 0.25) is 0 Å². The molecule has 1 aliphatic heterocycles. The smallest absolute Gasteiger partial charge is 0.253 e. The van der Waals surface area contributed by atoms with Crippen molar-refractivity contribution < 1.29 is 14.0 Å². The number of amides is 2. The molecule has 0 radical (unpaired) electrons. The van der Waals surface area contributed by atoms with Crippen molar-refractivity contribution in [3.8, 4) is 0 Å². The number of nitrogens with zero attached hydrogens (tertiary/aromatic N) is 2. The highest BCUT2D eigenvalue weighted by Crippen LogP contribution is 2.23. The van der Waals surface area contributed by atoms with Gasteiger partial charge in [-0.15, -0.1) is 0 Å². The van der Waals surface area contributed by atoms with Crippen LogP contribution in [0.15, 0.2) is 54.6 Å². The molecule has 0 bridgehead atoms. The quantitative estimate of drug-likeness (QED) is 0.845. The second-order valence-corrected chi connectivity index (χ2v) is 6.50. The molecule has 1 saturated heterocycles. The Kier molecular flexibility index (Phi) is 5.66. The third-order valence-corrected chi connectivity index (χ3v) is 4.88. The van der Waals surface area contributed by atoms with E-state index in [1.807, 2.05) is 42.2 Å². The summed E-state index contributed by atoms with van der Waals surface area (Å²) < 4.78 is 13.0. The van der Waals surface area contributed by atoms with E-state index in [9.17, 15) is 14.0 Å². The van der Waals surface area contributed by atoms with Crippen LogP contribution in [0.3, 0.4) is 0 Å². The number of piperazine rings is 1. The third kappa shape index (κ3) is 3.93. The average Bonchev–Trinajstić information content (AvgIpc) is 2.69. The van der Waals surface area contributed by atoms with E-state index in [1.165, 1.54) is 24.3 Å². The lowest BCUT2D eigenvalue weighted by atomic mass is 9.95. The van der Waals surface area contributed by atoms with Gasteiger partial charge in [-0.2, -0.15) is 0 Å². The molecule has 0 aliphatic carbocycles. The Bertz CT molecular complexity index is 753. The highest BCUT2D eigenvalue weighted by molar-refractivity contribution is 5.94. The van der Waals surface area contributed by atoms with Crippen LogP contribution in [0.4, 0.5) is 4.39 Å². The highest BCUT2D eigenvalue weighted by Gasteiger charge is 2.29. The van der Waals surface area contributed by atoms with Gasteiger partial charge in [-0.3, -0.25) is 9.59 Å². The summed E-state index contributed by atoms with van der Waals surface area (Å²) in [5, 5.41) is 0. The second kappa shape index (κ2) is 8.13. The van der Waals surface area contributed by atoms with Crippen LogP contribution in [0, 0.1) is 5.82 Å². The molecule has 2 aromatic rings. The van der Waals surface area contributed by atoms with Crippen LogP contribution in [-0.2, 0) is 4.79 Å². The molecule has 0 saturated carbocycles. The van der Waals surface area contributed by atoms with Crippen molar-refractivity contribution in [1.82, 2.24) is 9.80 Å². The van der Waals surface area contributed by atoms with E-state index in [1.54, 1.807) is 4.90 Å². The number of carbonyl (C=O) groups is 2. The first-order valence-corrected chi connectivity index (χ1v) is 8.98. The Labute approximate surface area is 153 Å². The molecule has 1 atom stereocenters. The molecule has 1 aliphatic rings. The van der Waals surface area contributed by atoms with Crippen molar-refractivity contribution >= 4 is 11.8 Å². The minimum absolute atomic E-state index is 0.118. The maximum absolute atomic E-state index is 13.0. The standard InChI is InChI=1S/C21H23FN2O2/c1-2-19(16-6-4-3-5-7-16)21(26)24-14-12-23(13-15-24)20(25)17-8-10-18(22)11-9-17/h3-11,19H,2,12-15H2,1H3. The molecule has 0 aromatic heterocycles. The molecule has 5 heteroatoms. The average molecular weight is 354 g/mol. The van der Waals surface area contributed by atoms with E-state index in [0.717, 1.165) is 12.0 Å². The maximum atomic E-state index is 13.0. The molecule has 0 N–H and O–H groups in total. The summed E-state index contributed by atoms with van der Waals surface area (Å²) in [4.78, 5) is 29.0. The first-order chi connectivity index (χ1) is 12.6. The Morgan fingerprint density at radius 1 is 0.923 bits per heavy atom. The number of hydrogen-bond donors (Lipinski definition) is 0. The highest BCUT2D eigenvalue weighted by atomic mass is 19.1. The van der Waals surface area contributed by atoms with Crippen molar-refractivity contribution in [2.75, 3.05) is 26.2 Å². The second-order valence-electron chi connectivity index (χ2n) is 6.50. The van der Waals surface area contributed by atoms with Crippen molar-refractivity contribution in [3.63, 3.8) is 0 Å². The van der Waals surface area contributed by atoms with Crippen LogP contribution in [0.1, 0.15) is 35.2 Å². The fraction of sp³-hybridized carbons (Fsp3) is 0.333. The van der Waals surface area contributed by atoms with Gasteiger partial charge in [0.05, 0.1) is 5.92 Å². The van der Waals surface area contributed by atoms with Crippen LogP contribution < -0.4 is 0 Å². The van der Waals surface area contributed by atoms with E-state index in [0.29, 0.717) is 31.7 Å². The first-order valence-electron chi connectivity index (χ1n) is 8.98. The van der Waals surface area contributed by atoms with E-state index in [-0.39, 0.29) is 23.5 Å². The van der Waals surface area contributed by atoms with Gasteiger partial charge in [-0.25, -0.2) is 4.39 Å². The normalized spacial score (nSPS) is 15.6. The predicted octanol–water partition coefficient (Wildman–Crippen LogP) is 3.30.